The lowest BCUT2D eigenvalue weighted by atomic mass is 9.98. The Hall–Kier alpha value is -0.630. The molecule has 0 aromatic heterocycles. The number of ketones is 1. The van der Waals surface area contributed by atoms with E-state index in [1.165, 1.54) is 5.56 Å². The van der Waals surface area contributed by atoms with Gasteiger partial charge >= 0.3 is 0 Å². The molecule has 0 fully saturated rings. The number of rotatable bonds is 4. The first-order valence-corrected chi connectivity index (χ1v) is 5.46. The summed E-state index contributed by atoms with van der Waals surface area (Å²) in [5.74, 6) is 0.364. The minimum absolute atomic E-state index is 0.113. The first-order valence-electron chi connectivity index (χ1n) is 4.34. The molecule has 0 aliphatic heterocycles. The molecular formula is C11H13BrO. The number of alkyl halides is 1. The minimum atomic E-state index is 0.113. The van der Waals surface area contributed by atoms with Gasteiger partial charge in [0.2, 0.25) is 0 Å². The van der Waals surface area contributed by atoms with Crippen LogP contribution in [0.2, 0.25) is 0 Å². The molecule has 0 N–H and O–H groups in total. The van der Waals surface area contributed by atoms with Gasteiger partial charge in [-0.05, 0) is 18.9 Å². The van der Waals surface area contributed by atoms with Crippen molar-refractivity contribution >= 4 is 21.7 Å². The van der Waals surface area contributed by atoms with Crippen LogP contribution in [0.25, 0.3) is 0 Å². The van der Waals surface area contributed by atoms with E-state index in [1.54, 1.807) is 6.92 Å². The highest BCUT2D eigenvalue weighted by atomic mass is 79.9. The maximum atomic E-state index is 11.1. The van der Waals surface area contributed by atoms with E-state index in [1.807, 2.05) is 18.2 Å². The number of carbonyl (C=O) groups excluding carboxylic acids is 1. The lowest BCUT2D eigenvalue weighted by Gasteiger charge is -2.09. The molecule has 0 aliphatic rings. The normalized spacial score (nSPS) is 12.5. The zero-order chi connectivity index (χ0) is 9.68. The Bertz CT molecular complexity index is 269. The molecule has 0 heterocycles. The van der Waals surface area contributed by atoms with Gasteiger partial charge in [-0.25, -0.2) is 0 Å². The molecular weight excluding hydrogens is 228 g/mol. The molecule has 0 saturated carbocycles. The molecule has 0 radical (unpaired) electrons. The zero-order valence-corrected chi connectivity index (χ0v) is 9.25. The summed E-state index contributed by atoms with van der Waals surface area (Å²) in [4.78, 5) is 11.1. The second-order valence-corrected chi connectivity index (χ2v) is 3.80. The van der Waals surface area contributed by atoms with E-state index in [9.17, 15) is 4.79 Å². The molecule has 1 atom stereocenters. The molecule has 0 amide bonds. The van der Waals surface area contributed by atoms with Crippen molar-refractivity contribution in [2.45, 2.75) is 13.3 Å². The molecule has 1 aromatic carbocycles. The van der Waals surface area contributed by atoms with Gasteiger partial charge in [0, 0.05) is 11.2 Å². The number of Topliss-reactive ketones (excluding diaryl/α,β-unsaturated/α-hetero) is 1. The largest absolute Gasteiger partial charge is 0.300 e. The summed E-state index contributed by atoms with van der Waals surface area (Å²) in [6.07, 6.45) is 0.835. The van der Waals surface area contributed by atoms with Crippen molar-refractivity contribution in [3.05, 3.63) is 35.9 Å². The predicted octanol–water partition coefficient (Wildman–Crippen LogP) is 2.83. The van der Waals surface area contributed by atoms with E-state index < -0.39 is 0 Å². The van der Waals surface area contributed by atoms with Gasteiger partial charge in [0.15, 0.2) is 0 Å². The van der Waals surface area contributed by atoms with E-state index in [4.69, 9.17) is 0 Å². The topological polar surface area (TPSA) is 17.1 Å². The van der Waals surface area contributed by atoms with Crippen LogP contribution in [0.4, 0.5) is 0 Å². The van der Waals surface area contributed by atoms with E-state index in [2.05, 4.69) is 28.1 Å². The first kappa shape index (κ1) is 10.5. The third-order valence-corrected chi connectivity index (χ3v) is 2.87. The molecule has 0 bridgehead atoms. The van der Waals surface area contributed by atoms with Crippen LogP contribution >= 0.6 is 15.9 Å². The smallest absolute Gasteiger partial charge is 0.134 e. The summed E-state index contributed by atoms with van der Waals surface area (Å²) in [5.41, 5.74) is 1.22. The second-order valence-electron chi connectivity index (χ2n) is 3.15. The van der Waals surface area contributed by atoms with Gasteiger partial charge in [-0.2, -0.15) is 0 Å². The lowest BCUT2D eigenvalue weighted by molar-refractivity contribution is -0.120. The van der Waals surface area contributed by atoms with E-state index >= 15 is 0 Å². The van der Waals surface area contributed by atoms with Gasteiger partial charge in [0.1, 0.15) is 5.78 Å². The Morgan fingerprint density at radius 1 is 1.38 bits per heavy atom. The highest BCUT2D eigenvalue weighted by Crippen LogP contribution is 2.11. The molecule has 2 heteroatoms. The van der Waals surface area contributed by atoms with Crippen molar-refractivity contribution in [1.29, 1.82) is 0 Å². The van der Waals surface area contributed by atoms with Crippen LogP contribution in [-0.2, 0) is 11.2 Å². The second kappa shape index (κ2) is 5.18. The Kier molecular flexibility index (Phi) is 4.16. The fourth-order valence-electron chi connectivity index (χ4n) is 1.21. The van der Waals surface area contributed by atoms with Crippen molar-refractivity contribution < 1.29 is 4.79 Å². The van der Waals surface area contributed by atoms with Gasteiger partial charge in [-0.3, -0.25) is 4.79 Å². The van der Waals surface area contributed by atoms with Crippen LogP contribution in [0, 0.1) is 5.92 Å². The van der Waals surface area contributed by atoms with Crippen LogP contribution in [0.15, 0.2) is 30.3 Å². The van der Waals surface area contributed by atoms with Gasteiger partial charge in [-0.15, -0.1) is 0 Å². The van der Waals surface area contributed by atoms with Crippen molar-refractivity contribution in [3.63, 3.8) is 0 Å². The number of benzene rings is 1. The molecule has 1 rings (SSSR count). The van der Waals surface area contributed by atoms with E-state index in [0.717, 1.165) is 11.8 Å². The molecule has 13 heavy (non-hydrogen) atoms. The maximum absolute atomic E-state index is 11.1. The molecule has 1 unspecified atom stereocenters. The number of hydrogen-bond donors (Lipinski definition) is 0. The Morgan fingerprint density at radius 3 is 2.46 bits per heavy atom. The summed E-state index contributed by atoms with van der Waals surface area (Å²) < 4.78 is 0. The number of hydrogen-bond acceptors (Lipinski definition) is 1. The molecule has 1 nitrogen and oxygen atoms in total. The van der Waals surface area contributed by atoms with Gasteiger partial charge in [0.05, 0.1) is 0 Å². The SMILES string of the molecule is CC(=O)C(CBr)Cc1ccccc1. The highest BCUT2D eigenvalue weighted by Gasteiger charge is 2.12. The van der Waals surface area contributed by atoms with Crippen LogP contribution in [0.5, 0.6) is 0 Å². The number of halogens is 1. The van der Waals surface area contributed by atoms with Crippen LogP contribution < -0.4 is 0 Å². The maximum Gasteiger partial charge on any atom is 0.134 e. The summed E-state index contributed by atoms with van der Waals surface area (Å²) >= 11 is 3.35. The molecule has 1 aromatic rings. The number of carbonyl (C=O) groups is 1. The van der Waals surface area contributed by atoms with Gasteiger partial charge in [-0.1, -0.05) is 46.3 Å². The monoisotopic (exact) mass is 240 g/mol. The molecule has 0 spiro atoms. The fraction of sp³-hybridized carbons (Fsp3) is 0.364. The average molecular weight is 241 g/mol. The Balaban J connectivity index is 2.62. The van der Waals surface area contributed by atoms with Crippen molar-refractivity contribution in [1.82, 2.24) is 0 Å². The van der Waals surface area contributed by atoms with E-state index in [-0.39, 0.29) is 11.7 Å². The van der Waals surface area contributed by atoms with Crippen LogP contribution in [0.3, 0.4) is 0 Å². The molecule has 0 saturated heterocycles. The third kappa shape index (κ3) is 3.31. The third-order valence-electron chi connectivity index (χ3n) is 2.09. The van der Waals surface area contributed by atoms with E-state index in [0.29, 0.717) is 0 Å². The first-order chi connectivity index (χ1) is 6.24. The summed E-state index contributed by atoms with van der Waals surface area (Å²) in [6, 6.07) is 10.1. The van der Waals surface area contributed by atoms with Gasteiger partial charge in [0.25, 0.3) is 0 Å². The lowest BCUT2D eigenvalue weighted by Crippen LogP contribution is -2.15. The summed E-state index contributed by atoms with van der Waals surface area (Å²) in [5, 5.41) is 0.747. The highest BCUT2D eigenvalue weighted by molar-refractivity contribution is 9.09. The quantitative estimate of drug-likeness (QED) is 0.741. The zero-order valence-electron chi connectivity index (χ0n) is 7.66. The minimum Gasteiger partial charge on any atom is -0.300 e. The van der Waals surface area contributed by atoms with Gasteiger partial charge < -0.3 is 0 Å². The van der Waals surface area contributed by atoms with Crippen molar-refractivity contribution in [2.75, 3.05) is 5.33 Å². The Morgan fingerprint density at radius 2 is 2.00 bits per heavy atom. The van der Waals surface area contributed by atoms with Crippen molar-refractivity contribution in [3.8, 4) is 0 Å². The summed E-state index contributed by atoms with van der Waals surface area (Å²) in [7, 11) is 0. The standard InChI is InChI=1S/C11H13BrO/c1-9(13)11(8-12)7-10-5-3-2-4-6-10/h2-6,11H,7-8H2,1H3. The average Bonchev–Trinajstić information content (AvgIpc) is 2.15. The fourth-order valence-corrected chi connectivity index (χ4v) is 1.89. The Labute approximate surface area is 87.3 Å². The molecule has 70 valence electrons. The van der Waals surface area contributed by atoms with Crippen LogP contribution in [-0.4, -0.2) is 11.1 Å². The van der Waals surface area contributed by atoms with Crippen LogP contribution in [0.1, 0.15) is 12.5 Å². The predicted molar refractivity (Wildman–Crippen MR) is 58.1 cm³/mol. The van der Waals surface area contributed by atoms with Crippen molar-refractivity contribution in [2.24, 2.45) is 5.92 Å². The molecule has 0 aliphatic carbocycles. The summed E-state index contributed by atoms with van der Waals surface area (Å²) in [6.45, 7) is 1.65.